The fourth-order valence-corrected chi connectivity index (χ4v) is 3.79. The van der Waals surface area contributed by atoms with E-state index in [1.807, 2.05) is 0 Å². The number of carbonyl (C=O) groups excluding carboxylic acids is 1. The summed E-state index contributed by atoms with van der Waals surface area (Å²) in [6, 6.07) is 1.88. The minimum Gasteiger partial charge on any atom is -0.380 e. The Balaban J connectivity index is 2.38. The second-order valence-corrected chi connectivity index (χ2v) is 7.09. The van der Waals surface area contributed by atoms with Gasteiger partial charge in [-0.2, -0.15) is 0 Å². The van der Waals surface area contributed by atoms with E-state index in [2.05, 4.69) is 15.9 Å². The number of carbonyl (C=O) groups is 1. The van der Waals surface area contributed by atoms with Crippen molar-refractivity contribution in [1.82, 2.24) is 4.90 Å². The van der Waals surface area contributed by atoms with Crippen LogP contribution in [0.4, 0.5) is 4.39 Å². The Hall–Kier alpha value is -1.03. The van der Waals surface area contributed by atoms with Crippen molar-refractivity contribution in [3.05, 3.63) is 28.0 Å². The highest BCUT2D eigenvalue weighted by Crippen LogP contribution is 2.26. The Morgan fingerprint density at radius 3 is 2.71 bits per heavy atom. The predicted octanol–water partition coefficient (Wildman–Crippen LogP) is 1.10. The van der Waals surface area contributed by atoms with Gasteiger partial charge in [0.15, 0.2) is 0 Å². The Kier molecular flexibility index (Phi) is 4.66. The van der Waals surface area contributed by atoms with Crippen LogP contribution in [0.5, 0.6) is 0 Å². The van der Waals surface area contributed by atoms with Crippen molar-refractivity contribution in [2.24, 2.45) is 5.14 Å². The Labute approximate surface area is 130 Å². The monoisotopic (exact) mass is 380 g/mol. The van der Waals surface area contributed by atoms with Crippen molar-refractivity contribution >= 4 is 31.9 Å². The molecule has 21 heavy (non-hydrogen) atoms. The first kappa shape index (κ1) is 16.3. The van der Waals surface area contributed by atoms with Crippen LogP contribution in [0.25, 0.3) is 0 Å². The molecule has 0 radical (unpaired) electrons. The molecule has 1 aliphatic rings. The molecule has 1 saturated heterocycles. The number of nitrogens with zero attached hydrogens (tertiary/aromatic N) is 1. The van der Waals surface area contributed by atoms with E-state index in [9.17, 15) is 17.6 Å². The van der Waals surface area contributed by atoms with Crippen LogP contribution < -0.4 is 5.14 Å². The van der Waals surface area contributed by atoms with Gasteiger partial charge in [0, 0.05) is 24.7 Å². The molecule has 1 atom stereocenters. The number of hydrogen-bond acceptors (Lipinski definition) is 4. The third-order valence-corrected chi connectivity index (χ3v) is 5.19. The minimum absolute atomic E-state index is 0.0183. The smallest absolute Gasteiger partial charge is 0.256 e. The third-order valence-electron chi connectivity index (χ3n) is 3.32. The van der Waals surface area contributed by atoms with Gasteiger partial charge in [0.2, 0.25) is 10.0 Å². The molecule has 1 aliphatic heterocycles. The molecule has 0 spiro atoms. The zero-order valence-electron chi connectivity index (χ0n) is 11.2. The van der Waals surface area contributed by atoms with Crippen LogP contribution in [0.15, 0.2) is 21.5 Å². The van der Waals surface area contributed by atoms with Gasteiger partial charge < -0.3 is 9.64 Å². The summed E-state index contributed by atoms with van der Waals surface area (Å²) in [5.41, 5.74) is -0.320. The van der Waals surface area contributed by atoms with Gasteiger partial charge in [-0.25, -0.2) is 17.9 Å². The molecule has 2 N–H and O–H groups in total. The standard InChI is InChI=1S/C12H14BrFN2O4S/c1-20-7-2-3-16(6-7)12(17)8-4-11(21(15,18)19)9(13)5-10(8)14/h4-5,7H,2-3,6H2,1H3,(H2,15,18,19). The van der Waals surface area contributed by atoms with E-state index in [0.717, 1.165) is 12.1 Å². The lowest BCUT2D eigenvalue weighted by atomic mass is 10.2. The van der Waals surface area contributed by atoms with Gasteiger partial charge >= 0.3 is 0 Å². The van der Waals surface area contributed by atoms with E-state index in [0.29, 0.717) is 19.5 Å². The fourth-order valence-electron chi connectivity index (χ4n) is 2.19. The maximum Gasteiger partial charge on any atom is 0.256 e. The first-order chi connectivity index (χ1) is 9.74. The molecule has 0 bridgehead atoms. The van der Waals surface area contributed by atoms with Crippen LogP contribution in [-0.2, 0) is 14.8 Å². The fraction of sp³-hybridized carbons (Fsp3) is 0.417. The molecule has 1 aromatic rings. The summed E-state index contributed by atoms with van der Waals surface area (Å²) in [4.78, 5) is 13.4. The zero-order valence-corrected chi connectivity index (χ0v) is 13.6. The van der Waals surface area contributed by atoms with E-state index in [1.165, 1.54) is 12.0 Å². The molecule has 1 amide bonds. The van der Waals surface area contributed by atoms with Gasteiger partial charge in [-0.1, -0.05) is 0 Å². The number of rotatable bonds is 3. The lowest BCUT2D eigenvalue weighted by Gasteiger charge is -2.17. The molecule has 1 aromatic carbocycles. The van der Waals surface area contributed by atoms with Crippen molar-refractivity contribution < 1.29 is 22.3 Å². The molecule has 1 heterocycles. The van der Waals surface area contributed by atoms with Crippen LogP contribution in [0.3, 0.4) is 0 Å². The molecule has 2 rings (SSSR count). The maximum atomic E-state index is 14.0. The number of methoxy groups -OCH3 is 1. The highest BCUT2D eigenvalue weighted by Gasteiger charge is 2.29. The number of nitrogens with two attached hydrogens (primary N) is 1. The van der Waals surface area contributed by atoms with E-state index < -0.39 is 21.7 Å². The SMILES string of the molecule is COC1CCN(C(=O)c2cc(S(N)(=O)=O)c(Br)cc2F)C1. The van der Waals surface area contributed by atoms with Gasteiger partial charge in [0.1, 0.15) is 5.82 Å². The van der Waals surface area contributed by atoms with E-state index in [-0.39, 0.29) is 21.0 Å². The van der Waals surface area contributed by atoms with Crippen molar-refractivity contribution in [3.63, 3.8) is 0 Å². The number of benzene rings is 1. The summed E-state index contributed by atoms with van der Waals surface area (Å²) >= 11 is 2.93. The molecule has 0 aliphatic carbocycles. The van der Waals surface area contributed by atoms with Gasteiger partial charge in [-0.05, 0) is 34.5 Å². The largest absolute Gasteiger partial charge is 0.380 e. The Bertz CT molecular complexity index is 680. The highest BCUT2D eigenvalue weighted by atomic mass is 79.9. The molecule has 9 heteroatoms. The molecule has 1 unspecified atom stereocenters. The second kappa shape index (κ2) is 5.99. The first-order valence-corrected chi connectivity index (χ1v) is 8.42. The number of ether oxygens (including phenoxy) is 1. The highest BCUT2D eigenvalue weighted by molar-refractivity contribution is 9.10. The van der Waals surface area contributed by atoms with Gasteiger partial charge in [-0.3, -0.25) is 4.79 Å². The number of primary sulfonamides is 1. The quantitative estimate of drug-likeness (QED) is 0.849. The summed E-state index contributed by atoms with van der Waals surface area (Å²) in [5.74, 6) is -1.38. The van der Waals surface area contributed by atoms with Crippen LogP contribution in [0, 0.1) is 5.82 Å². The summed E-state index contributed by atoms with van der Waals surface area (Å²) in [6.07, 6.45) is 0.563. The normalized spacial score (nSPS) is 19.0. The molecule has 6 nitrogen and oxygen atoms in total. The van der Waals surface area contributed by atoms with Crippen LogP contribution in [-0.4, -0.2) is 45.5 Å². The number of halogens is 2. The topological polar surface area (TPSA) is 89.7 Å². The number of sulfonamides is 1. The zero-order chi connectivity index (χ0) is 15.8. The number of amides is 1. The Morgan fingerprint density at radius 1 is 1.52 bits per heavy atom. The molecular weight excluding hydrogens is 367 g/mol. The Morgan fingerprint density at radius 2 is 2.19 bits per heavy atom. The molecule has 0 aromatic heterocycles. The summed E-state index contributed by atoms with van der Waals surface area (Å²) in [5, 5.41) is 5.05. The second-order valence-electron chi connectivity index (χ2n) is 4.71. The van der Waals surface area contributed by atoms with Crippen molar-refractivity contribution in [1.29, 1.82) is 0 Å². The molecular formula is C12H14BrFN2O4S. The molecule has 116 valence electrons. The average Bonchev–Trinajstić information content (AvgIpc) is 2.85. The average molecular weight is 381 g/mol. The third kappa shape index (κ3) is 3.42. The number of hydrogen-bond donors (Lipinski definition) is 1. The van der Waals surface area contributed by atoms with Crippen molar-refractivity contribution in [3.8, 4) is 0 Å². The van der Waals surface area contributed by atoms with Gasteiger partial charge in [-0.15, -0.1) is 0 Å². The summed E-state index contributed by atoms with van der Waals surface area (Å²) in [7, 11) is -2.51. The molecule has 0 saturated carbocycles. The lowest BCUT2D eigenvalue weighted by molar-refractivity contribution is 0.0719. The van der Waals surface area contributed by atoms with Crippen LogP contribution in [0.1, 0.15) is 16.8 Å². The van der Waals surface area contributed by atoms with E-state index >= 15 is 0 Å². The number of likely N-dealkylation sites (tertiary alicyclic amines) is 1. The van der Waals surface area contributed by atoms with Crippen LogP contribution >= 0.6 is 15.9 Å². The van der Waals surface area contributed by atoms with Crippen molar-refractivity contribution in [2.75, 3.05) is 20.2 Å². The summed E-state index contributed by atoms with van der Waals surface area (Å²) in [6.45, 7) is 0.771. The predicted molar refractivity (Wildman–Crippen MR) is 76.8 cm³/mol. The maximum absolute atomic E-state index is 14.0. The van der Waals surface area contributed by atoms with Crippen molar-refractivity contribution in [2.45, 2.75) is 17.4 Å². The van der Waals surface area contributed by atoms with Gasteiger partial charge in [0.25, 0.3) is 5.91 Å². The van der Waals surface area contributed by atoms with Crippen LogP contribution in [0.2, 0.25) is 0 Å². The van der Waals surface area contributed by atoms with Gasteiger partial charge in [0.05, 0.1) is 16.6 Å². The minimum atomic E-state index is -4.05. The lowest BCUT2D eigenvalue weighted by Crippen LogP contribution is -2.31. The van der Waals surface area contributed by atoms with E-state index in [4.69, 9.17) is 9.88 Å². The first-order valence-electron chi connectivity index (χ1n) is 6.08. The van der Waals surface area contributed by atoms with E-state index in [1.54, 1.807) is 0 Å². The molecule has 1 fully saturated rings. The summed E-state index contributed by atoms with van der Waals surface area (Å²) < 4.78 is 42.0.